The normalized spacial score (nSPS) is 13.4. The van der Waals surface area contributed by atoms with Crippen molar-refractivity contribution in [2.24, 2.45) is 0 Å². The molecule has 236 valence electrons. The molecule has 0 aromatic carbocycles. The minimum atomic E-state index is -0.855. The smallest absolute Gasteiger partial charge is 0.220 e. The zero-order valence-corrected chi connectivity index (χ0v) is 26.9. The van der Waals surface area contributed by atoms with E-state index in [2.05, 4.69) is 31.3 Å². The van der Waals surface area contributed by atoms with Gasteiger partial charge in [-0.1, -0.05) is 167 Å². The lowest BCUT2D eigenvalue weighted by atomic mass is 10.0. The van der Waals surface area contributed by atoms with Crippen LogP contribution in [0.25, 0.3) is 0 Å². The Labute approximate surface area is 249 Å². The molecule has 40 heavy (non-hydrogen) atoms. The number of nitrogens with one attached hydrogen (secondary N) is 1. The zero-order chi connectivity index (χ0) is 29.4. The molecule has 0 bridgehead atoms. The number of aliphatic hydroxyl groups is 2. The molecule has 4 nitrogen and oxygen atoms in total. The van der Waals surface area contributed by atoms with Crippen molar-refractivity contribution in [3.63, 3.8) is 0 Å². The topological polar surface area (TPSA) is 69.6 Å². The van der Waals surface area contributed by atoms with E-state index in [-0.39, 0.29) is 12.5 Å². The van der Waals surface area contributed by atoms with Crippen molar-refractivity contribution in [1.82, 2.24) is 5.32 Å². The van der Waals surface area contributed by atoms with E-state index in [0.717, 1.165) is 32.1 Å². The van der Waals surface area contributed by atoms with Gasteiger partial charge >= 0.3 is 0 Å². The third-order valence-corrected chi connectivity index (χ3v) is 7.94. The Morgan fingerprint density at radius 2 is 0.975 bits per heavy atom. The first-order valence-corrected chi connectivity index (χ1v) is 17.6. The first kappa shape index (κ1) is 38.9. The Morgan fingerprint density at radius 3 is 1.45 bits per heavy atom. The van der Waals surface area contributed by atoms with Crippen LogP contribution in [0.2, 0.25) is 0 Å². The van der Waals surface area contributed by atoms with Crippen molar-refractivity contribution >= 4 is 5.91 Å². The molecule has 0 heterocycles. The summed E-state index contributed by atoms with van der Waals surface area (Å²) in [5.74, 6) is -0.0745. The average Bonchev–Trinajstić information content (AvgIpc) is 2.96. The first-order valence-electron chi connectivity index (χ1n) is 17.6. The van der Waals surface area contributed by atoms with Crippen LogP contribution in [0, 0.1) is 0 Å². The summed E-state index contributed by atoms with van der Waals surface area (Å²) in [6.07, 6.45) is 39.7. The second kappa shape index (κ2) is 32.4. The number of hydrogen-bond donors (Lipinski definition) is 3. The fourth-order valence-corrected chi connectivity index (χ4v) is 5.19. The van der Waals surface area contributed by atoms with E-state index in [1.807, 2.05) is 6.08 Å². The molecule has 0 aromatic heterocycles. The highest BCUT2D eigenvalue weighted by molar-refractivity contribution is 5.76. The van der Waals surface area contributed by atoms with Crippen LogP contribution < -0.4 is 5.32 Å². The summed E-state index contributed by atoms with van der Waals surface area (Å²) in [6.45, 7) is 4.27. The van der Waals surface area contributed by atoms with Gasteiger partial charge in [0.15, 0.2) is 0 Å². The highest BCUT2D eigenvalue weighted by Crippen LogP contribution is 2.14. The molecule has 3 N–H and O–H groups in total. The van der Waals surface area contributed by atoms with Crippen molar-refractivity contribution in [2.75, 3.05) is 6.61 Å². The summed E-state index contributed by atoms with van der Waals surface area (Å²) in [4.78, 5) is 12.3. The predicted octanol–water partition coefficient (Wildman–Crippen LogP) is 10.1. The molecular formula is C36H69NO3. The van der Waals surface area contributed by atoms with Crippen molar-refractivity contribution in [3.05, 3.63) is 24.3 Å². The summed E-state index contributed by atoms with van der Waals surface area (Å²) in [6, 6.07) is -0.631. The standard InChI is InChI=1S/C36H69NO3/c1-3-5-7-9-11-13-15-17-18-19-20-22-24-26-28-30-32-36(40)37-34(33-38)35(39)31-29-27-25-23-21-16-14-12-10-8-6-4-2/h21,23,29,31,34-35,38-39H,3-20,22,24-28,30,32-33H2,1-2H3,(H,37,40)/b23-21+,31-29+. The molecule has 1 amide bonds. The molecule has 4 heteroatoms. The highest BCUT2D eigenvalue weighted by atomic mass is 16.3. The van der Waals surface area contributed by atoms with Crippen LogP contribution in [0.5, 0.6) is 0 Å². The molecular weight excluding hydrogens is 494 g/mol. The maximum atomic E-state index is 12.3. The highest BCUT2D eigenvalue weighted by Gasteiger charge is 2.17. The molecule has 0 aliphatic heterocycles. The third kappa shape index (κ3) is 28.4. The van der Waals surface area contributed by atoms with Gasteiger partial charge in [0.25, 0.3) is 0 Å². The molecule has 0 rings (SSSR count). The fraction of sp³-hybridized carbons (Fsp3) is 0.861. The van der Waals surface area contributed by atoms with Crippen molar-refractivity contribution in [2.45, 2.75) is 193 Å². The van der Waals surface area contributed by atoms with Crippen LogP contribution >= 0.6 is 0 Å². The van der Waals surface area contributed by atoms with Gasteiger partial charge in [-0.2, -0.15) is 0 Å². The molecule has 2 atom stereocenters. The van der Waals surface area contributed by atoms with Gasteiger partial charge in [-0.05, 0) is 32.1 Å². The Bertz CT molecular complexity index is 574. The number of amides is 1. The molecule has 0 aliphatic carbocycles. The van der Waals surface area contributed by atoms with Crippen LogP contribution in [-0.4, -0.2) is 34.9 Å². The Hall–Kier alpha value is -1.13. The van der Waals surface area contributed by atoms with Gasteiger partial charge < -0.3 is 15.5 Å². The fourth-order valence-electron chi connectivity index (χ4n) is 5.19. The van der Waals surface area contributed by atoms with Crippen molar-refractivity contribution in [3.8, 4) is 0 Å². The van der Waals surface area contributed by atoms with Crippen molar-refractivity contribution in [1.29, 1.82) is 0 Å². The lowest BCUT2D eigenvalue weighted by molar-refractivity contribution is -0.123. The average molecular weight is 564 g/mol. The molecule has 0 saturated carbocycles. The molecule has 0 aromatic rings. The minimum absolute atomic E-state index is 0.0745. The van der Waals surface area contributed by atoms with Crippen LogP contribution in [0.15, 0.2) is 24.3 Å². The lowest BCUT2D eigenvalue weighted by Gasteiger charge is -2.19. The van der Waals surface area contributed by atoms with Gasteiger partial charge in [0.2, 0.25) is 5.91 Å². The number of carbonyl (C=O) groups excluding carboxylic acids is 1. The summed E-state index contributed by atoms with van der Waals surface area (Å²) in [5.41, 5.74) is 0. The van der Waals surface area contributed by atoms with Gasteiger partial charge in [0, 0.05) is 6.42 Å². The van der Waals surface area contributed by atoms with E-state index in [1.54, 1.807) is 6.08 Å². The number of carbonyl (C=O) groups is 1. The van der Waals surface area contributed by atoms with Gasteiger partial charge in [0.1, 0.15) is 0 Å². The van der Waals surface area contributed by atoms with Gasteiger partial charge in [-0.15, -0.1) is 0 Å². The number of hydrogen-bond acceptors (Lipinski definition) is 3. The van der Waals surface area contributed by atoms with Gasteiger partial charge in [0.05, 0.1) is 18.8 Å². The number of rotatable bonds is 31. The second-order valence-electron chi connectivity index (χ2n) is 11.9. The number of unbranched alkanes of at least 4 members (excludes halogenated alkanes) is 22. The Balaban J connectivity index is 3.64. The zero-order valence-electron chi connectivity index (χ0n) is 26.9. The van der Waals surface area contributed by atoms with Crippen molar-refractivity contribution < 1.29 is 15.0 Å². The van der Waals surface area contributed by atoms with Crippen LogP contribution in [-0.2, 0) is 4.79 Å². The molecule has 0 spiro atoms. The maximum absolute atomic E-state index is 12.3. The first-order chi connectivity index (χ1) is 19.7. The summed E-state index contributed by atoms with van der Waals surface area (Å²) < 4.78 is 0. The Morgan fingerprint density at radius 1 is 0.575 bits per heavy atom. The van der Waals surface area contributed by atoms with Gasteiger partial charge in [-0.25, -0.2) is 0 Å². The quantitative estimate of drug-likeness (QED) is 0.0580. The van der Waals surface area contributed by atoms with E-state index in [1.165, 1.54) is 128 Å². The van der Waals surface area contributed by atoms with E-state index >= 15 is 0 Å². The third-order valence-electron chi connectivity index (χ3n) is 7.94. The van der Waals surface area contributed by atoms with E-state index in [9.17, 15) is 15.0 Å². The van der Waals surface area contributed by atoms with Crippen LogP contribution in [0.4, 0.5) is 0 Å². The number of allylic oxidation sites excluding steroid dienone is 3. The molecule has 0 radical (unpaired) electrons. The van der Waals surface area contributed by atoms with Crippen LogP contribution in [0.1, 0.15) is 181 Å². The Kier molecular flexibility index (Phi) is 31.5. The minimum Gasteiger partial charge on any atom is -0.394 e. The summed E-state index contributed by atoms with van der Waals surface area (Å²) in [5, 5.41) is 22.8. The number of aliphatic hydroxyl groups excluding tert-OH is 2. The van der Waals surface area contributed by atoms with Gasteiger partial charge in [-0.3, -0.25) is 4.79 Å². The molecule has 0 fully saturated rings. The molecule has 2 unspecified atom stereocenters. The van der Waals surface area contributed by atoms with E-state index < -0.39 is 12.1 Å². The second-order valence-corrected chi connectivity index (χ2v) is 11.9. The maximum Gasteiger partial charge on any atom is 0.220 e. The largest absolute Gasteiger partial charge is 0.394 e. The molecule has 0 saturated heterocycles. The lowest BCUT2D eigenvalue weighted by Crippen LogP contribution is -2.45. The summed E-state index contributed by atoms with van der Waals surface area (Å²) in [7, 11) is 0. The molecule has 0 aliphatic rings. The predicted molar refractivity (Wildman–Crippen MR) is 175 cm³/mol. The van der Waals surface area contributed by atoms with E-state index in [0.29, 0.717) is 6.42 Å². The summed E-state index contributed by atoms with van der Waals surface area (Å²) >= 11 is 0. The monoisotopic (exact) mass is 564 g/mol. The van der Waals surface area contributed by atoms with Crippen LogP contribution in [0.3, 0.4) is 0 Å². The SMILES string of the molecule is CCCCCCCC/C=C/CC/C=C/C(O)C(CO)NC(=O)CCCCCCCCCCCCCCCCCC. The van der Waals surface area contributed by atoms with E-state index in [4.69, 9.17) is 0 Å².